The summed E-state index contributed by atoms with van der Waals surface area (Å²) in [6, 6.07) is 2.68. The van der Waals surface area contributed by atoms with Gasteiger partial charge < -0.3 is 14.8 Å². The fraction of sp³-hybridized carbons (Fsp3) is 0.308. The van der Waals surface area contributed by atoms with Gasteiger partial charge in [-0.25, -0.2) is 14.0 Å². The summed E-state index contributed by atoms with van der Waals surface area (Å²) >= 11 is 3.01. The Morgan fingerprint density at radius 1 is 1.32 bits per heavy atom. The van der Waals surface area contributed by atoms with E-state index in [1.165, 1.54) is 13.2 Å². The summed E-state index contributed by atoms with van der Waals surface area (Å²) < 4.78 is 22.5. The van der Waals surface area contributed by atoms with Gasteiger partial charge >= 0.3 is 12.0 Å². The quantitative estimate of drug-likeness (QED) is 0.574. The Balaban J connectivity index is 2.40. The Kier molecular flexibility index (Phi) is 7.47. The van der Waals surface area contributed by atoms with E-state index in [9.17, 15) is 18.8 Å². The topological polar surface area (TPSA) is 93.7 Å². The Hall–Kier alpha value is -2.00. The number of ether oxygens (including phenoxy) is 2. The molecule has 7 nitrogen and oxygen atoms in total. The van der Waals surface area contributed by atoms with Crippen molar-refractivity contribution in [3.8, 4) is 0 Å². The fourth-order valence-corrected chi connectivity index (χ4v) is 1.85. The summed E-state index contributed by atoms with van der Waals surface area (Å²) in [6.07, 6.45) is 0. The van der Waals surface area contributed by atoms with Gasteiger partial charge in [-0.3, -0.25) is 10.1 Å². The minimum absolute atomic E-state index is 0.0683. The number of halogens is 2. The van der Waals surface area contributed by atoms with E-state index in [4.69, 9.17) is 9.47 Å². The normalized spacial score (nSPS) is 9.95. The molecule has 3 amide bonds. The molecule has 120 valence electrons. The molecule has 0 saturated heterocycles. The average molecular weight is 377 g/mol. The molecule has 0 aliphatic carbocycles. The maximum atomic E-state index is 12.9. The van der Waals surface area contributed by atoms with E-state index in [1.54, 1.807) is 0 Å². The molecule has 0 saturated carbocycles. The molecule has 0 radical (unpaired) electrons. The second-order valence-electron chi connectivity index (χ2n) is 4.00. The third-order valence-electron chi connectivity index (χ3n) is 2.33. The Bertz CT molecular complexity index is 567. The van der Waals surface area contributed by atoms with Crippen LogP contribution >= 0.6 is 15.9 Å². The molecule has 2 N–H and O–H groups in total. The van der Waals surface area contributed by atoms with E-state index in [0.29, 0.717) is 6.61 Å². The van der Waals surface area contributed by atoms with Gasteiger partial charge in [-0.1, -0.05) is 0 Å². The van der Waals surface area contributed by atoms with E-state index in [1.807, 2.05) is 5.32 Å². The Morgan fingerprint density at radius 2 is 2.05 bits per heavy atom. The van der Waals surface area contributed by atoms with Crippen LogP contribution in [-0.2, 0) is 14.3 Å². The first-order valence-electron chi connectivity index (χ1n) is 6.13. The SMILES string of the molecule is COCCNC(=O)NC(=O)COC(=O)c1ccc(F)cc1Br. The van der Waals surface area contributed by atoms with Crippen LogP contribution in [-0.4, -0.2) is 44.8 Å². The lowest BCUT2D eigenvalue weighted by Crippen LogP contribution is -2.42. The van der Waals surface area contributed by atoms with Gasteiger partial charge in [0.05, 0.1) is 12.2 Å². The number of nitrogens with one attached hydrogen (secondary N) is 2. The molecular formula is C13H14BrFN2O5. The number of methoxy groups -OCH3 is 1. The zero-order valence-electron chi connectivity index (χ0n) is 11.7. The van der Waals surface area contributed by atoms with Crippen molar-refractivity contribution < 1.29 is 28.2 Å². The number of rotatable bonds is 6. The number of carbonyl (C=O) groups excluding carboxylic acids is 3. The van der Waals surface area contributed by atoms with E-state index in [0.717, 1.165) is 12.1 Å². The molecule has 0 bridgehead atoms. The van der Waals surface area contributed by atoms with Crippen LogP contribution in [0.25, 0.3) is 0 Å². The van der Waals surface area contributed by atoms with Gasteiger partial charge in [-0.05, 0) is 34.1 Å². The third kappa shape index (κ3) is 6.19. The molecule has 22 heavy (non-hydrogen) atoms. The van der Waals surface area contributed by atoms with Crippen molar-refractivity contribution >= 4 is 33.8 Å². The highest BCUT2D eigenvalue weighted by molar-refractivity contribution is 9.10. The molecule has 0 atom stereocenters. The lowest BCUT2D eigenvalue weighted by molar-refractivity contribution is -0.123. The number of imide groups is 1. The molecule has 0 heterocycles. The van der Waals surface area contributed by atoms with Crippen molar-refractivity contribution in [3.05, 3.63) is 34.1 Å². The van der Waals surface area contributed by atoms with Crippen molar-refractivity contribution in [2.75, 3.05) is 26.9 Å². The largest absolute Gasteiger partial charge is 0.452 e. The lowest BCUT2D eigenvalue weighted by atomic mass is 10.2. The number of hydrogen-bond donors (Lipinski definition) is 2. The van der Waals surface area contributed by atoms with Crippen LogP contribution in [0.5, 0.6) is 0 Å². The van der Waals surface area contributed by atoms with Gasteiger partial charge in [-0.2, -0.15) is 0 Å². The fourth-order valence-electron chi connectivity index (χ4n) is 1.34. The Morgan fingerprint density at radius 3 is 2.68 bits per heavy atom. The standard InChI is InChI=1S/C13H14BrFN2O5/c1-21-5-4-16-13(20)17-11(18)7-22-12(19)9-3-2-8(15)6-10(9)14/h2-3,6H,4-5,7H2,1H3,(H2,16,17,18,20). The predicted octanol–water partition coefficient (Wildman–Crippen LogP) is 1.22. The van der Waals surface area contributed by atoms with Gasteiger partial charge in [0.25, 0.3) is 5.91 Å². The number of benzene rings is 1. The zero-order valence-corrected chi connectivity index (χ0v) is 13.2. The first-order chi connectivity index (χ1) is 10.4. The van der Waals surface area contributed by atoms with Gasteiger partial charge in [0, 0.05) is 18.1 Å². The van der Waals surface area contributed by atoms with Crippen molar-refractivity contribution in [3.63, 3.8) is 0 Å². The molecule has 0 unspecified atom stereocenters. The average Bonchev–Trinajstić information content (AvgIpc) is 2.45. The van der Waals surface area contributed by atoms with Crippen molar-refractivity contribution in [1.82, 2.24) is 10.6 Å². The zero-order chi connectivity index (χ0) is 16.5. The molecule has 0 spiro atoms. The minimum Gasteiger partial charge on any atom is -0.452 e. The molecule has 0 aromatic heterocycles. The summed E-state index contributed by atoms with van der Waals surface area (Å²) in [5.41, 5.74) is 0.0683. The highest BCUT2D eigenvalue weighted by Crippen LogP contribution is 2.18. The lowest BCUT2D eigenvalue weighted by Gasteiger charge is -2.08. The van der Waals surface area contributed by atoms with Crippen LogP contribution in [0.3, 0.4) is 0 Å². The van der Waals surface area contributed by atoms with Gasteiger partial charge in [0.1, 0.15) is 5.82 Å². The van der Waals surface area contributed by atoms with Gasteiger partial charge in [-0.15, -0.1) is 0 Å². The van der Waals surface area contributed by atoms with Crippen LogP contribution < -0.4 is 10.6 Å². The van der Waals surface area contributed by atoms with Gasteiger partial charge in [0.15, 0.2) is 6.61 Å². The third-order valence-corrected chi connectivity index (χ3v) is 2.99. The molecule has 1 aromatic carbocycles. The van der Waals surface area contributed by atoms with Crippen LogP contribution in [0.4, 0.5) is 9.18 Å². The van der Waals surface area contributed by atoms with Crippen LogP contribution in [0.1, 0.15) is 10.4 Å². The molecule has 9 heteroatoms. The summed E-state index contributed by atoms with van der Waals surface area (Å²) in [7, 11) is 1.47. The maximum absolute atomic E-state index is 12.9. The van der Waals surface area contributed by atoms with E-state index in [-0.39, 0.29) is 16.6 Å². The molecule has 0 aliphatic rings. The molecular weight excluding hydrogens is 363 g/mol. The first kappa shape index (κ1) is 18.1. The summed E-state index contributed by atoms with van der Waals surface area (Å²) in [4.78, 5) is 34.4. The summed E-state index contributed by atoms with van der Waals surface area (Å²) in [5.74, 6) is -2.13. The monoisotopic (exact) mass is 376 g/mol. The number of amides is 3. The minimum atomic E-state index is -0.818. The van der Waals surface area contributed by atoms with Crippen molar-refractivity contribution in [2.45, 2.75) is 0 Å². The summed E-state index contributed by atoms with van der Waals surface area (Å²) in [6.45, 7) is -0.104. The van der Waals surface area contributed by atoms with E-state index >= 15 is 0 Å². The molecule has 1 rings (SSSR count). The van der Waals surface area contributed by atoms with Gasteiger partial charge in [0.2, 0.25) is 0 Å². The molecule has 0 aliphatic heterocycles. The van der Waals surface area contributed by atoms with Crippen molar-refractivity contribution in [2.24, 2.45) is 0 Å². The van der Waals surface area contributed by atoms with E-state index < -0.39 is 30.3 Å². The second kappa shape index (κ2) is 9.11. The smallest absolute Gasteiger partial charge is 0.339 e. The number of urea groups is 1. The molecule has 1 aromatic rings. The Labute approximate surface area is 134 Å². The molecule has 0 fully saturated rings. The first-order valence-corrected chi connectivity index (χ1v) is 6.92. The van der Waals surface area contributed by atoms with Crippen LogP contribution in [0.2, 0.25) is 0 Å². The van der Waals surface area contributed by atoms with E-state index in [2.05, 4.69) is 21.2 Å². The number of esters is 1. The van der Waals surface area contributed by atoms with Crippen LogP contribution in [0, 0.1) is 5.82 Å². The maximum Gasteiger partial charge on any atom is 0.339 e. The number of carbonyl (C=O) groups is 3. The highest BCUT2D eigenvalue weighted by atomic mass is 79.9. The second-order valence-corrected chi connectivity index (χ2v) is 4.85. The summed E-state index contributed by atoms with van der Waals surface area (Å²) in [5, 5.41) is 4.34. The number of hydrogen-bond acceptors (Lipinski definition) is 5. The van der Waals surface area contributed by atoms with Crippen molar-refractivity contribution in [1.29, 1.82) is 0 Å². The highest BCUT2D eigenvalue weighted by Gasteiger charge is 2.15. The van der Waals surface area contributed by atoms with Crippen LogP contribution in [0.15, 0.2) is 22.7 Å². The predicted molar refractivity (Wildman–Crippen MR) is 77.8 cm³/mol.